The summed E-state index contributed by atoms with van der Waals surface area (Å²) in [6.45, 7) is 0. The highest BCUT2D eigenvalue weighted by Gasteiger charge is 2.15. The number of hydrogen-bond donors (Lipinski definition) is 3. The summed E-state index contributed by atoms with van der Waals surface area (Å²) in [7, 11) is 3.10. The molecule has 0 saturated carbocycles. The molecule has 142 valence electrons. The van der Waals surface area contributed by atoms with Crippen LogP contribution in [0.25, 0.3) is 0 Å². The summed E-state index contributed by atoms with van der Waals surface area (Å²) in [4.78, 5) is 8.57. The number of nitrogen functional groups attached to an aromatic ring is 1. The minimum absolute atomic E-state index is 0.282. The average Bonchev–Trinajstić information content (AvgIpc) is 2.74. The molecule has 0 unspecified atom stereocenters. The topological polar surface area (TPSA) is 135 Å². The molecule has 0 atom stereocenters. The van der Waals surface area contributed by atoms with Crippen LogP contribution in [0.2, 0.25) is 0 Å². The molecule has 5 N–H and O–H groups in total. The normalized spacial score (nSPS) is 10.1. The number of anilines is 5. The number of nitrogens with two attached hydrogens (primary N) is 2. The number of nitriles is 1. The zero-order valence-corrected chi connectivity index (χ0v) is 15.4. The molecule has 0 radical (unpaired) electrons. The van der Waals surface area contributed by atoms with Gasteiger partial charge in [-0.1, -0.05) is 6.07 Å². The Bertz CT molecular complexity index is 1010. The van der Waals surface area contributed by atoms with Crippen LogP contribution in [0.1, 0.15) is 5.56 Å². The fraction of sp³-hybridized carbons (Fsp3) is 0.105. The molecule has 0 aliphatic carbocycles. The minimum atomic E-state index is 0.282. The lowest BCUT2D eigenvalue weighted by Crippen LogP contribution is -2.27. The number of methoxy groups -OCH3 is 2. The summed E-state index contributed by atoms with van der Waals surface area (Å²) in [6.07, 6.45) is 1.45. The summed E-state index contributed by atoms with van der Waals surface area (Å²) < 4.78 is 10.5. The van der Waals surface area contributed by atoms with Gasteiger partial charge in [0.05, 0.1) is 43.4 Å². The van der Waals surface area contributed by atoms with Gasteiger partial charge in [0.2, 0.25) is 5.95 Å². The van der Waals surface area contributed by atoms with E-state index in [4.69, 9.17) is 26.3 Å². The Balaban J connectivity index is 1.94. The van der Waals surface area contributed by atoms with E-state index in [-0.39, 0.29) is 5.95 Å². The van der Waals surface area contributed by atoms with E-state index in [1.165, 1.54) is 11.2 Å². The number of hydrogen-bond acceptors (Lipinski definition) is 9. The van der Waals surface area contributed by atoms with Gasteiger partial charge in [-0.25, -0.2) is 10.8 Å². The van der Waals surface area contributed by atoms with Gasteiger partial charge in [0.25, 0.3) is 0 Å². The zero-order valence-electron chi connectivity index (χ0n) is 15.4. The van der Waals surface area contributed by atoms with Crippen LogP contribution in [-0.2, 0) is 0 Å². The van der Waals surface area contributed by atoms with E-state index in [1.807, 2.05) is 0 Å². The van der Waals surface area contributed by atoms with Gasteiger partial charge in [-0.15, -0.1) is 0 Å². The lowest BCUT2D eigenvalue weighted by molar-refractivity contribution is 0.394. The number of nitrogens with one attached hydrogen (secondary N) is 1. The van der Waals surface area contributed by atoms with Gasteiger partial charge in [0.1, 0.15) is 11.5 Å². The molecule has 0 saturated heterocycles. The van der Waals surface area contributed by atoms with Crippen LogP contribution < -0.4 is 31.4 Å². The maximum absolute atomic E-state index is 9.02. The summed E-state index contributed by atoms with van der Waals surface area (Å²) in [5.41, 5.74) is 8.07. The van der Waals surface area contributed by atoms with Crippen molar-refractivity contribution in [3.05, 3.63) is 54.2 Å². The molecular formula is C19H19N7O2. The first-order valence-corrected chi connectivity index (χ1v) is 8.21. The smallest absolute Gasteiger partial charge is 0.229 e. The van der Waals surface area contributed by atoms with Crippen molar-refractivity contribution in [2.45, 2.75) is 0 Å². The first kappa shape index (κ1) is 18.8. The second-order valence-corrected chi connectivity index (χ2v) is 5.73. The first-order chi connectivity index (χ1) is 13.5. The third-order valence-corrected chi connectivity index (χ3v) is 3.89. The fourth-order valence-corrected chi connectivity index (χ4v) is 2.48. The SMILES string of the molecule is COc1cc(OC)cc(N(N)c2nc(Nc3cccc(C#N)c3)ncc2N)c1. The van der Waals surface area contributed by atoms with Crippen LogP contribution >= 0.6 is 0 Å². The number of benzene rings is 2. The number of aromatic nitrogens is 2. The predicted octanol–water partition coefficient (Wildman–Crippen LogP) is 2.70. The van der Waals surface area contributed by atoms with Crippen LogP contribution in [0.5, 0.6) is 11.5 Å². The molecule has 9 heteroatoms. The molecule has 0 aliphatic rings. The molecule has 0 amide bonds. The Morgan fingerprint density at radius 1 is 1.11 bits per heavy atom. The Hall–Kier alpha value is -4.03. The third kappa shape index (κ3) is 4.03. The van der Waals surface area contributed by atoms with Crippen molar-refractivity contribution < 1.29 is 9.47 Å². The minimum Gasteiger partial charge on any atom is -0.497 e. The van der Waals surface area contributed by atoms with Crippen molar-refractivity contribution in [1.29, 1.82) is 5.26 Å². The Labute approximate surface area is 162 Å². The highest BCUT2D eigenvalue weighted by atomic mass is 16.5. The van der Waals surface area contributed by atoms with Crippen LogP contribution in [0.3, 0.4) is 0 Å². The van der Waals surface area contributed by atoms with E-state index in [0.29, 0.717) is 39.9 Å². The molecule has 9 nitrogen and oxygen atoms in total. The second kappa shape index (κ2) is 8.11. The van der Waals surface area contributed by atoms with Gasteiger partial charge in [0, 0.05) is 23.9 Å². The van der Waals surface area contributed by atoms with Gasteiger partial charge < -0.3 is 20.5 Å². The predicted molar refractivity (Wildman–Crippen MR) is 107 cm³/mol. The molecular weight excluding hydrogens is 358 g/mol. The molecule has 3 rings (SSSR count). The summed E-state index contributed by atoms with van der Waals surface area (Å²) in [6, 6.07) is 14.2. The average molecular weight is 377 g/mol. The van der Waals surface area contributed by atoms with Gasteiger partial charge in [-0.2, -0.15) is 10.2 Å². The lowest BCUT2D eigenvalue weighted by Gasteiger charge is -2.21. The molecule has 0 aliphatic heterocycles. The third-order valence-electron chi connectivity index (χ3n) is 3.89. The van der Waals surface area contributed by atoms with Crippen LogP contribution in [-0.4, -0.2) is 24.2 Å². The second-order valence-electron chi connectivity index (χ2n) is 5.73. The Morgan fingerprint density at radius 3 is 2.46 bits per heavy atom. The Kier molecular flexibility index (Phi) is 5.43. The van der Waals surface area contributed by atoms with Crippen molar-refractivity contribution in [2.24, 2.45) is 5.84 Å². The van der Waals surface area contributed by atoms with Gasteiger partial charge in [-0.3, -0.25) is 5.01 Å². The summed E-state index contributed by atoms with van der Waals surface area (Å²) >= 11 is 0. The maximum Gasteiger partial charge on any atom is 0.229 e. The summed E-state index contributed by atoms with van der Waals surface area (Å²) in [5.74, 6) is 7.98. The van der Waals surface area contributed by atoms with Crippen LogP contribution in [0.15, 0.2) is 48.7 Å². The summed E-state index contributed by atoms with van der Waals surface area (Å²) in [5, 5.41) is 13.4. The Morgan fingerprint density at radius 2 is 1.82 bits per heavy atom. The standard InChI is InChI=1S/C19H19N7O2/c1-27-15-7-14(8-16(9-15)28-2)26(22)18-17(21)11-23-19(25-18)24-13-5-3-4-12(6-13)10-20/h3-9,11H,21-22H2,1-2H3,(H,23,24,25). The molecule has 2 aromatic carbocycles. The molecule has 1 heterocycles. The van der Waals surface area contributed by atoms with Crippen LogP contribution in [0.4, 0.5) is 28.8 Å². The fourth-order valence-electron chi connectivity index (χ4n) is 2.48. The largest absolute Gasteiger partial charge is 0.497 e. The number of nitrogens with zero attached hydrogens (tertiary/aromatic N) is 4. The molecule has 28 heavy (non-hydrogen) atoms. The molecule has 0 fully saturated rings. The highest BCUT2D eigenvalue weighted by molar-refractivity contribution is 5.72. The van der Waals surface area contributed by atoms with Crippen molar-refractivity contribution in [3.63, 3.8) is 0 Å². The van der Waals surface area contributed by atoms with E-state index >= 15 is 0 Å². The van der Waals surface area contributed by atoms with Crippen LogP contribution in [0, 0.1) is 11.3 Å². The van der Waals surface area contributed by atoms with Crippen molar-refractivity contribution in [1.82, 2.24) is 9.97 Å². The molecule has 3 aromatic rings. The van der Waals surface area contributed by atoms with Gasteiger partial charge in [-0.05, 0) is 18.2 Å². The molecule has 1 aromatic heterocycles. The quantitative estimate of drug-likeness (QED) is 0.437. The maximum atomic E-state index is 9.02. The van der Waals surface area contributed by atoms with Gasteiger partial charge >= 0.3 is 0 Å². The number of rotatable bonds is 6. The van der Waals surface area contributed by atoms with E-state index in [1.54, 1.807) is 56.7 Å². The van der Waals surface area contributed by atoms with E-state index in [2.05, 4.69) is 21.4 Å². The number of ether oxygens (including phenoxy) is 2. The van der Waals surface area contributed by atoms with Crippen molar-refractivity contribution in [3.8, 4) is 17.6 Å². The van der Waals surface area contributed by atoms with E-state index < -0.39 is 0 Å². The lowest BCUT2D eigenvalue weighted by atomic mass is 10.2. The highest BCUT2D eigenvalue weighted by Crippen LogP contribution is 2.32. The van der Waals surface area contributed by atoms with Crippen molar-refractivity contribution in [2.75, 3.05) is 30.3 Å². The molecule has 0 bridgehead atoms. The van der Waals surface area contributed by atoms with Gasteiger partial charge in [0.15, 0.2) is 5.82 Å². The van der Waals surface area contributed by atoms with E-state index in [9.17, 15) is 0 Å². The van der Waals surface area contributed by atoms with E-state index in [0.717, 1.165) is 0 Å². The van der Waals surface area contributed by atoms with Crippen molar-refractivity contribution >= 4 is 28.8 Å². The first-order valence-electron chi connectivity index (χ1n) is 8.21. The number of hydrazine groups is 1. The zero-order chi connectivity index (χ0) is 20.1. The monoisotopic (exact) mass is 377 g/mol. The molecule has 0 spiro atoms.